The van der Waals surface area contributed by atoms with Crippen LogP contribution in [0.1, 0.15) is 21.5 Å². The lowest BCUT2D eigenvalue weighted by atomic mass is 10.1. The quantitative estimate of drug-likeness (QED) is 0.264. The van der Waals surface area contributed by atoms with Crippen molar-refractivity contribution in [2.45, 2.75) is 6.18 Å². The Labute approximate surface area is 187 Å². The average molecular weight is 496 g/mol. The zero-order valence-corrected chi connectivity index (χ0v) is 17.1. The van der Waals surface area contributed by atoms with E-state index >= 15 is 0 Å². The first-order chi connectivity index (χ1) is 14.4. The summed E-state index contributed by atoms with van der Waals surface area (Å²) in [5.41, 5.74) is -2.99. The number of nitro groups is 1. The number of rotatable bonds is 6. The smallest absolute Gasteiger partial charge is 0.417 e. The van der Waals surface area contributed by atoms with Gasteiger partial charge in [-0.15, -0.1) is 0 Å². The zero-order chi connectivity index (χ0) is 23.3. The van der Waals surface area contributed by atoms with E-state index in [1.54, 1.807) is 0 Å². The number of nitrogens with zero attached hydrogens (tertiary/aromatic N) is 2. The second-order valence-corrected chi connectivity index (χ2v) is 7.00. The standard InChI is InChI=1S/C18H8Cl3F3N2O5/c19-14(16(20)21)8-30-17(27)12-6-11(2-4-15(12)26(28)29)31-10-1-3-13(18(22,23)24)9(5-10)7-25/h1-6H,8H2. The van der Waals surface area contributed by atoms with Crippen LogP contribution in [0, 0.1) is 21.4 Å². The summed E-state index contributed by atoms with van der Waals surface area (Å²) in [6.45, 7) is -0.560. The van der Waals surface area contributed by atoms with E-state index in [0.717, 1.165) is 30.3 Å². The van der Waals surface area contributed by atoms with Gasteiger partial charge in [0.05, 0.1) is 27.2 Å². The van der Waals surface area contributed by atoms with Crippen molar-refractivity contribution in [2.24, 2.45) is 0 Å². The van der Waals surface area contributed by atoms with Gasteiger partial charge >= 0.3 is 12.1 Å². The predicted octanol–water partition coefficient (Wildman–Crippen LogP) is 6.32. The molecule has 7 nitrogen and oxygen atoms in total. The summed E-state index contributed by atoms with van der Waals surface area (Å²) in [6.07, 6.45) is -4.74. The summed E-state index contributed by atoms with van der Waals surface area (Å²) >= 11 is 16.5. The fraction of sp³-hybridized carbons (Fsp3) is 0.111. The number of benzene rings is 2. The van der Waals surface area contributed by atoms with Crippen molar-refractivity contribution in [3.05, 3.63) is 72.7 Å². The topological polar surface area (TPSA) is 102 Å². The monoisotopic (exact) mass is 494 g/mol. The Morgan fingerprint density at radius 1 is 1.13 bits per heavy atom. The van der Waals surface area contributed by atoms with E-state index in [-0.39, 0.29) is 21.0 Å². The van der Waals surface area contributed by atoms with Gasteiger partial charge in [0.2, 0.25) is 0 Å². The Hall–Kier alpha value is -3.00. The van der Waals surface area contributed by atoms with Crippen LogP contribution in [0.5, 0.6) is 11.5 Å². The number of carbonyl (C=O) groups excluding carboxylic acids is 1. The van der Waals surface area contributed by atoms with Crippen LogP contribution >= 0.6 is 34.8 Å². The van der Waals surface area contributed by atoms with Crippen LogP contribution < -0.4 is 4.74 Å². The Balaban J connectivity index is 2.36. The van der Waals surface area contributed by atoms with Crippen molar-refractivity contribution in [1.82, 2.24) is 0 Å². The Bertz CT molecular complexity index is 1110. The third-order valence-corrected chi connectivity index (χ3v) is 4.52. The Morgan fingerprint density at radius 3 is 2.29 bits per heavy atom. The van der Waals surface area contributed by atoms with Crippen LogP contribution in [-0.2, 0) is 10.9 Å². The van der Waals surface area contributed by atoms with Crippen molar-refractivity contribution in [3.8, 4) is 17.6 Å². The number of carbonyl (C=O) groups is 1. The Morgan fingerprint density at radius 2 is 1.74 bits per heavy atom. The van der Waals surface area contributed by atoms with Gasteiger partial charge in [-0.3, -0.25) is 10.1 Å². The zero-order valence-electron chi connectivity index (χ0n) is 14.9. The summed E-state index contributed by atoms with van der Waals surface area (Å²) < 4.78 is 48.5. The number of halogens is 6. The number of hydrogen-bond donors (Lipinski definition) is 0. The van der Waals surface area contributed by atoms with Crippen molar-refractivity contribution in [2.75, 3.05) is 6.61 Å². The van der Waals surface area contributed by atoms with Crippen LogP contribution in [0.3, 0.4) is 0 Å². The fourth-order valence-corrected chi connectivity index (χ4v) is 2.39. The lowest BCUT2D eigenvalue weighted by Gasteiger charge is -2.12. The van der Waals surface area contributed by atoms with Gasteiger partial charge in [0.25, 0.3) is 5.69 Å². The van der Waals surface area contributed by atoms with Crippen molar-refractivity contribution >= 4 is 46.5 Å². The van der Waals surface area contributed by atoms with Gasteiger partial charge in [0.1, 0.15) is 28.2 Å². The molecule has 0 unspecified atom stereocenters. The minimum absolute atomic E-state index is 0.141. The molecule has 0 aliphatic carbocycles. The summed E-state index contributed by atoms with van der Waals surface area (Å²) in [6, 6.07) is 6.86. The number of nitriles is 1. The van der Waals surface area contributed by atoms with E-state index in [1.807, 2.05) is 0 Å². The SMILES string of the molecule is N#Cc1cc(Oc2ccc([N+](=O)[O-])c(C(=O)OCC(Cl)=C(Cl)Cl)c2)ccc1C(F)(F)F. The minimum atomic E-state index is -4.74. The molecule has 0 saturated heterocycles. The normalized spacial score (nSPS) is 10.7. The highest BCUT2D eigenvalue weighted by atomic mass is 35.5. The number of esters is 1. The molecule has 0 aliphatic rings. The first-order valence-electron chi connectivity index (χ1n) is 7.88. The van der Waals surface area contributed by atoms with Crippen LogP contribution in [0.4, 0.5) is 18.9 Å². The van der Waals surface area contributed by atoms with Crippen LogP contribution in [0.2, 0.25) is 0 Å². The molecular formula is C18H8Cl3F3N2O5. The van der Waals surface area contributed by atoms with Gasteiger partial charge in [0, 0.05) is 12.1 Å². The summed E-state index contributed by atoms with van der Waals surface area (Å²) in [5.74, 6) is -1.47. The van der Waals surface area contributed by atoms with Gasteiger partial charge in [-0.25, -0.2) is 4.79 Å². The maximum Gasteiger partial charge on any atom is 0.417 e. The molecule has 0 fully saturated rings. The maximum absolute atomic E-state index is 12.9. The number of hydrogen-bond acceptors (Lipinski definition) is 6. The molecule has 2 aromatic rings. The van der Waals surface area contributed by atoms with Crippen LogP contribution in [0.15, 0.2) is 45.9 Å². The molecule has 0 bridgehead atoms. The van der Waals surface area contributed by atoms with E-state index in [0.29, 0.717) is 6.07 Å². The van der Waals surface area contributed by atoms with Crippen LogP contribution in [-0.4, -0.2) is 17.5 Å². The number of alkyl halides is 3. The molecule has 0 aromatic heterocycles. The fourth-order valence-electron chi connectivity index (χ4n) is 2.23. The molecule has 0 radical (unpaired) electrons. The van der Waals surface area contributed by atoms with Gasteiger partial charge in [-0.05, 0) is 24.3 Å². The first-order valence-corrected chi connectivity index (χ1v) is 9.01. The summed E-state index contributed by atoms with van der Waals surface area (Å²) in [7, 11) is 0. The van der Waals surface area contributed by atoms with E-state index in [4.69, 9.17) is 49.5 Å². The molecule has 0 spiro atoms. The average Bonchev–Trinajstić information content (AvgIpc) is 2.70. The van der Waals surface area contributed by atoms with Crippen LogP contribution in [0.25, 0.3) is 0 Å². The van der Waals surface area contributed by atoms with Crippen molar-refractivity contribution in [1.29, 1.82) is 5.26 Å². The molecular weight excluding hydrogens is 488 g/mol. The second kappa shape index (κ2) is 9.87. The number of nitro benzene ring substituents is 1. The highest BCUT2D eigenvalue weighted by molar-refractivity contribution is 6.59. The first kappa shape index (κ1) is 24.3. The third kappa shape index (κ3) is 6.24. The second-order valence-electron chi connectivity index (χ2n) is 5.60. The molecule has 2 rings (SSSR count). The molecule has 13 heteroatoms. The molecule has 0 N–H and O–H groups in total. The van der Waals surface area contributed by atoms with Gasteiger partial charge in [0.15, 0.2) is 0 Å². The van der Waals surface area contributed by atoms with E-state index in [9.17, 15) is 28.1 Å². The summed E-state index contributed by atoms with van der Waals surface area (Å²) in [4.78, 5) is 22.6. The van der Waals surface area contributed by atoms with Crippen molar-refractivity contribution < 1.29 is 32.4 Å². The lowest BCUT2D eigenvalue weighted by molar-refractivity contribution is -0.385. The van der Waals surface area contributed by atoms with Gasteiger partial charge < -0.3 is 9.47 Å². The van der Waals surface area contributed by atoms with E-state index < -0.39 is 46.1 Å². The van der Waals surface area contributed by atoms with Gasteiger partial charge in [-0.1, -0.05) is 34.8 Å². The maximum atomic E-state index is 12.9. The summed E-state index contributed by atoms with van der Waals surface area (Å²) in [5, 5.41) is 19.9. The highest BCUT2D eigenvalue weighted by Gasteiger charge is 2.33. The Kier molecular flexibility index (Phi) is 7.73. The van der Waals surface area contributed by atoms with E-state index in [1.165, 1.54) is 6.07 Å². The lowest BCUT2D eigenvalue weighted by Crippen LogP contribution is -2.10. The molecule has 0 heterocycles. The largest absolute Gasteiger partial charge is 0.457 e. The van der Waals surface area contributed by atoms with Gasteiger partial charge in [-0.2, -0.15) is 18.4 Å². The molecule has 162 valence electrons. The highest BCUT2D eigenvalue weighted by Crippen LogP contribution is 2.35. The predicted molar refractivity (Wildman–Crippen MR) is 104 cm³/mol. The van der Waals surface area contributed by atoms with Crippen molar-refractivity contribution in [3.63, 3.8) is 0 Å². The molecule has 0 aliphatic heterocycles. The molecule has 0 saturated carbocycles. The molecule has 0 atom stereocenters. The number of ether oxygens (including phenoxy) is 2. The molecule has 0 amide bonds. The third-order valence-electron chi connectivity index (χ3n) is 3.57. The minimum Gasteiger partial charge on any atom is -0.457 e. The van der Waals surface area contributed by atoms with E-state index in [2.05, 4.69) is 0 Å². The molecule has 31 heavy (non-hydrogen) atoms. The molecule has 2 aromatic carbocycles.